The minimum Gasteiger partial charge on any atom is -0.480 e. The van der Waals surface area contributed by atoms with Crippen LogP contribution in [-0.4, -0.2) is 22.1 Å². The van der Waals surface area contributed by atoms with Crippen molar-refractivity contribution < 1.29 is 14.3 Å². The quantitative estimate of drug-likeness (QED) is 0.715. The summed E-state index contributed by atoms with van der Waals surface area (Å²) in [6, 6.07) is -0.978. The zero-order valence-corrected chi connectivity index (χ0v) is 6.78. The number of hydrogen-bond donors (Lipinski definition) is 2. The van der Waals surface area contributed by atoms with E-state index in [-0.39, 0.29) is 11.8 Å². The Balaban J connectivity index is 2.58. The fourth-order valence-electron chi connectivity index (χ4n) is 0.682. The largest absolute Gasteiger partial charge is 0.480 e. The second-order valence-electron chi connectivity index (χ2n) is 2.23. The zero-order valence-electron chi connectivity index (χ0n) is 6.03. The Hall–Kier alpha value is -1.07. The van der Waals surface area contributed by atoms with Gasteiger partial charge in [-0.3, -0.25) is 4.79 Å². The van der Waals surface area contributed by atoms with Crippen molar-refractivity contribution in [2.45, 2.75) is 12.5 Å². The average molecular weight is 191 g/mol. The van der Waals surface area contributed by atoms with Gasteiger partial charge in [0.15, 0.2) is 0 Å². The highest BCUT2D eigenvalue weighted by atomic mass is 35.5. The molecule has 1 atom stereocenters. The molecule has 0 saturated heterocycles. The molecule has 0 radical (unpaired) electrons. The van der Waals surface area contributed by atoms with Gasteiger partial charge in [0, 0.05) is 6.42 Å². The molecule has 66 valence electrons. The molecule has 1 heterocycles. The Labute approximate surface area is 73.1 Å². The van der Waals surface area contributed by atoms with Crippen molar-refractivity contribution >= 4 is 17.6 Å². The first-order valence-corrected chi connectivity index (χ1v) is 3.56. The summed E-state index contributed by atoms with van der Waals surface area (Å²) >= 11 is 5.36. The van der Waals surface area contributed by atoms with Crippen molar-refractivity contribution in [3.8, 4) is 0 Å². The minimum absolute atomic E-state index is 0.0115. The molecule has 1 aromatic heterocycles. The number of nitrogens with two attached hydrogens (primary N) is 1. The molecular formula is C6H7ClN2O3. The molecule has 0 fully saturated rings. The Kier molecular flexibility index (Phi) is 2.67. The first-order valence-electron chi connectivity index (χ1n) is 3.18. The van der Waals surface area contributed by atoms with Crippen LogP contribution in [0.4, 0.5) is 0 Å². The molecule has 5 nitrogen and oxygen atoms in total. The number of hydrogen-bond acceptors (Lipinski definition) is 4. The highest BCUT2D eigenvalue weighted by Gasteiger charge is 2.14. The van der Waals surface area contributed by atoms with Gasteiger partial charge in [-0.05, 0) is 11.6 Å². The lowest BCUT2D eigenvalue weighted by atomic mass is 10.2. The van der Waals surface area contributed by atoms with E-state index in [2.05, 4.69) is 4.98 Å². The summed E-state index contributed by atoms with van der Waals surface area (Å²) in [5.74, 6) is -0.711. The smallest absolute Gasteiger partial charge is 0.320 e. The van der Waals surface area contributed by atoms with Crippen molar-refractivity contribution in [1.82, 2.24) is 4.98 Å². The lowest BCUT2D eigenvalue weighted by molar-refractivity contribution is -0.138. The Morgan fingerprint density at radius 2 is 2.58 bits per heavy atom. The van der Waals surface area contributed by atoms with Crippen molar-refractivity contribution in [3.63, 3.8) is 0 Å². The molecule has 0 saturated carbocycles. The van der Waals surface area contributed by atoms with Gasteiger partial charge < -0.3 is 15.3 Å². The predicted octanol–water partition coefficient (Wildman–Crippen LogP) is 0.282. The zero-order chi connectivity index (χ0) is 9.14. The van der Waals surface area contributed by atoms with Gasteiger partial charge in [0.2, 0.25) is 0 Å². The van der Waals surface area contributed by atoms with E-state index in [9.17, 15) is 4.79 Å². The van der Waals surface area contributed by atoms with E-state index in [1.807, 2.05) is 0 Å². The lowest BCUT2D eigenvalue weighted by Gasteiger charge is -2.01. The van der Waals surface area contributed by atoms with E-state index < -0.39 is 12.0 Å². The van der Waals surface area contributed by atoms with E-state index in [4.69, 9.17) is 26.9 Å². The molecular weight excluding hydrogens is 184 g/mol. The van der Waals surface area contributed by atoms with Gasteiger partial charge in [0.05, 0.1) is 6.20 Å². The summed E-state index contributed by atoms with van der Waals surface area (Å²) in [6.45, 7) is 0. The molecule has 12 heavy (non-hydrogen) atoms. The third kappa shape index (κ3) is 2.21. The van der Waals surface area contributed by atoms with E-state index in [0.717, 1.165) is 0 Å². The average Bonchev–Trinajstić information content (AvgIpc) is 2.35. The van der Waals surface area contributed by atoms with Crippen LogP contribution in [0.25, 0.3) is 0 Å². The van der Waals surface area contributed by atoms with Crippen LogP contribution < -0.4 is 5.73 Å². The molecule has 0 bridgehead atoms. The minimum atomic E-state index is -1.08. The first-order chi connectivity index (χ1) is 5.59. The van der Waals surface area contributed by atoms with E-state index in [0.29, 0.717) is 5.76 Å². The number of aliphatic carboxylic acids is 1. The number of carboxylic acids is 1. The maximum Gasteiger partial charge on any atom is 0.320 e. The van der Waals surface area contributed by atoms with Crippen LogP contribution in [0.2, 0.25) is 5.35 Å². The highest BCUT2D eigenvalue weighted by Crippen LogP contribution is 2.09. The van der Waals surface area contributed by atoms with Crippen LogP contribution in [0.15, 0.2) is 10.6 Å². The summed E-state index contributed by atoms with van der Waals surface area (Å²) in [6.07, 6.45) is 1.44. The number of halogens is 1. The van der Waals surface area contributed by atoms with Gasteiger partial charge in [-0.2, -0.15) is 0 Å². The molecule has 0 aliphatic carbocycles. The van der Waals surface area contributed by atoms with Crippen molar-refractivity contribution in [3.05, 3.63) is 17.3 Å². The van der Waals surface area contributed by atoms with Crippen LogP contribution >= 0.6 is 11.6 Å². The summed E-state index contributed by atoms with van der Waals surface area (Å²) in [4.78, 5) is 13.9. The molecule has 1 aromatic rings. The molecule has 1 rings (SSSR count). The molecule has 1 unspecified atom stereocenters. The fourth-order valence-corrected chi connectivity index (χ4v) is 0.830. The normalized spacial score (nSPS) is 12.8. The van der Waals surface area contributed by atoms with Crippen molar-refractivity contribution in [2.24, 2.45) is 5.73 Å². The predicted molar refractivity (Wildman–Crippen MR) is 40.8 cm³/mol. The van der Waals surface area contributed by atoms with Gasteiger partial charge in [0.25, 0.3) is 5.35 Å². The second-order valence-corrected chi connectivity index (χ2v) is 2.55. The number of nitrogens with zero attached hydrogens (tertiary/aromatic N) is 1. The SMILES string of the molecule is NC(Cc1cnc(Cl)o1)C(=O)O. The standard InChI is InChI=1S/C6H7ClN2O3/c7-6-9-2-3(12-6)1-4(8)5(10)11/h2,4H,1,8H2,(H,10,11). The number of carbonyl (C=O) groups is 1. The molecule has 0 aliphatic heterocycles. The Bertz CT molecular complexity index is 286. The third-order valence-corrected chi connectivity index (χ3v) is 1.44. The van der Waals surface area contributed by atoms with Gasteiger partial charge in [-0.15, -0.1) is 0 Å². The number of aromatic nitrogens is 1. The fraction of sp³-hybridized carbons (Fsp3) is 0.333. The first kappa shape index (κ1) is 9.02. The molecule has 0 amide bonds. The van der Waals surface area contributed by atoms with Crippen molar-refractivity contribution in [1.29, 1.82) is 0 Å². The Morgan fingerprint density at radius 1 is 1.92 bits per heavy atom. The van der Waals surface area contributed by atoms with Gasteiger partial charge in [-0.1, -0.05) is 0 Å². The van der Waals surface area contributed by atoms with E-state index >= 15 is 0 Å². The van der Waals surface area contributed by atoms with E-state index in [1.165, 1.54) is 6.20 Å². The van der Waals surface area contributed by atoms with Crippen LogP contribution in [0.5, 0.6) is 0 Å². The summed E-state index contributed by atoms with van der Waals surface area (Å²) in [5.41, 5.74) is 5.23. The molecule has 0 aromatic carbocycles. The number of carboxylic acid groups (broad SMARTS) is 1. The highest BCUT2D eigenvalue weighted by molar-refractivity contribution is 6.27. The second kappa shape index (κ2) is 3.55. The third-order valence-electron chi connectivity index (χ3n) is 1.26. The van der Waals surface area contributed by atoms with Crippen LogP contribution in [0.1, 0.15) is 5.76 Å². The van der Waals surface area contributed by atoms with Crippen molar-refractivity contribution in [2.75, 3.05) is 0 Å². The van der Waals surface area contributed by atoms with Crippen LogP contribution in [0, 0.1) is 0 Å². The number of oxazole rings is 1. The lowest BCUT2D eigenvalue weighted by Crippen LogP contribution is -2.32. The maximum atomic E-state index is 10.3. The molecule has 6 heteroatoms. The summed E-state index contributed by atoms with van der Waals surface area (Å²) in [7, 11) is 0. The topological polar surface area (TPSA) is 89.4 Å². The molecule has 3 N–H and O–H groups in total. The van der Waals surface area contributed by atoms with Gasteiger partial charge in [0.1, 0.15) is 11.8 Å². The summed E-state index contributed by atoms with van der Waals surface area (Å²) in [5, 5.41) is 8.42. The monoisotopic (exact) mass is 190 g/mol. The maximum absolute atomic E-state index is 10.3. The van der Waals surface area contributed by atoms with Crippen LogP contribution in [-0.2, 0) is 11.2 Å². The van der Waals surface area contributed by atoms with Crippen LogP contribution in [0.3, 0.4) is 0 Å². The number of rotatable bonds is 3. The summed E-state index contributed by atoms with van der Waals surface area (Å²) < 4.78 is 4.82. The van der Waals surface area contributed by atoms with Gasteiger partial charge in [-0.25, -0.2) is 4.98 Å². The Morgan fingerprint density at radius 3 is 3.00 bits per heavy atom. The molecule has 0 spiro atoms. The van der Waals surface area contributed by atoms with E-state index in [1.54, 1.807) is 0 Å². The molecule has 0 aliphatic rings. The van der Waals surface area contributed by atoms with Gasteiger partial charge >= 0.3 is 5.97 Å².